The van der Waals surface area contributed by atoms with E-state index in [1.54, 1.807) is 0 Å². The van der Waals surface area contributed by atoms with Crippen molar-refractivity contribution in [2.24, 2.45) is 0 Å². The Bertz CT molecular complexity index is 795. The van der Waals surface area contributed by atoms with Crippen molar-refractivity contribution in [1.29, 1.82) is 0 Å². The zero-order valence-electron chi connectivity index (χ0n) is 15.5. The quantitative estimate of drug-likeness (QED) is 0.331. The Morgan fingerprint density at radius 2 is 0.667 bits per heavy atom. The minimum atomic E-state index is 0.136. The second-order valence-electron chi connectivity index (χ2n) is 6.31. The van der Waals surface area contributed by atoms with Crippen LogP contribution in [0, 0.1) is 0 Å². The van der Waals surface area contributed by atoms with E-state index in [0.29, 0.717) is 0 Å². The summed E-state index contributed by atoms with van der Waals surface area (Å²) in [5.41, 5.74) is 5.54. The van der Waals surface area contributed by atoms with E-state index in [2.05, 4.69) is 109 Å². The molecule has 4 aromatic rings. The number of benzene rings is 4. The Hall–Kier alpha value is -2.41. The molecule has 132 valence electrons. The Kier molecular flexibility index (Phi) is 8.13. The van der Waals surface area contributed by atoms with Crippen LogP contribution in [0.5, 0.6) is 0 Å². The fourth-order valence-electron chi connectivity index (χ4n) is 2.80. The third-order valence-corrected chi connectivity index (χ3v) is 6.28. The van der Waals surface area contributed by atoms with Gasteiger partial charge in [-0.25, -0.2) is 0 Å². The Morgan fingerprint density at radius 1 is 0.370 bits per heavy atom. The molecule has 27 heavy (non-hydrogen) atoms. The molecule has 4 rings (SSSR count). The van der Waals surface area contributed by atoms with E-state index in [4.69, 9.17) is 0 Å². The van der Waals surface area contributed by atoms with E-state index in [1.165, 1.54) is 31.7 Å². The molecule has 0 aliphatic carbocycles. The van der Waals surface area contributed by atoms with Gasteiger partial charge in [0.2, 0.25) is 0 Å². The Balaban J connectivity index is 0.000000159. The van der Waals surface area contributed by atoms with E-state index >= 15 is 0 Å². The zero-order valence-corrected chi connectivity index (χ0v) is 17.0. The second kappa shape index (κ2) is 11.3. The van der Waals surface area contributed by atoms with E-state index < -0.39 is 0 Å². The van der Waals surface area contributed by atoms with E-state index in [-0.39, 0.29) is 19.2 Å². The molecule has 1 heteroatoms. The first-order valence-corrected chi connectivity index (χ1v) is 11.5. The van der Waals surface area contributed by atoms with Crippen LogP contribution in [0.25, 0.3) is 11.1 Å². The number of rotatable bonds is 5. The van der Waals surface area contributed by atoms with Gasteiger partial charge in [0, 0.05) is 0 Å². The second-order valence-corrected chi connectivity index (χ2v) is 8.19. The third-order valence-electron chi connectivity index (χ3n) is 4.22. The minimum absolute atomic E-state index is 0.136. The molecule has 0 saturated heterocycles. The van der Waals surface area contributed by atoms with Gasteiger partial charge in [0.15, 0.2) is 0 Å². The molecule has 0 spiro atoms. The van der Waals surface area contributed by atoms with Gasteiger partial charge >= 0.3 is 100 Å². The molecule has 0 radical (unpaired) electrons. The maximum atomic E-state index is 2.23. The van der Waals surface area contributed by atoms with Gasteiger partial charge in [0.1, 0.15) is 0 Å². The summed E-state index contributed by atoms with van der Waals surface area (Å²) >= 11 is 0.136. The van der Waals surface area contributed by atoms with Gasteiger partial charge in [-0.15, -0.1) is 0 Å². The molecule has 0 fully saturated rings. The van der Waals surface area contributed by atoms with Crippen LogP contribution < -0.4 is 0 Å². The monoisotopic (exact) mass is 384 g/mol. The molecule has 0 N–H and O–H groups in total. The molecular formula is C26H24Ti. The van der Waals surface area contributed by atoms with Crippen molar-refractivity contribution in [3.05, 3.63) is 132 Å². The van der Waals surface area contributed by atoms with Crippen LogP contribution in [0.2, 0.25) is 0 Å². The van der Waals surface area contributed by atoms with Crippen LogP contribution in [0.4, 0.5) is 0 Å². The third kappa shape index (κ3) is 7.02. The summed E-state index contributed by atoms with van der Waals surface area (Å²) in [4.78, 5) is 0. The summed E-state index contributed by atoms with van der Waals surface area (Å²) < 4.78 is 2.60. The average molecular weight is 384 g/mol. The normalized spacial score (nSPS) is 9.78. The maximum absolute atomic E-state index is 2.23. The fourth-order valence-corrected chi connectivity index (χ4v) is 4.64. The molecule has 0 heterocycles. The van der Waals surface area contributed by atoms with Gasteiger partial charge in [0.05, 0.1) is 0 Å². The predicted octanol–water partition coefficient (Wildman–Crippen LogP) is 6.82. The number of hydrogen-bond acceptors (Lipinski definition) is 0. The Morgan fingerprint density at radius 3 is 1.00 bits per heavy atom. The first-order valence-electron chi connectivity index (χ1n) is 9.31. The number of hydrogen-bond donors (Lipinski definition) is 0. The van der Waals surface area contributed by atoms with Crippen molar-refractivity contribution in [2.45, 2.75) is 9.45 Å². The van der Waals surface area contributed by atoms with Crippen LogP contribution in [-0.2, 0) is 28.6 Å². The molecule has 4 aromatic carbocycles. The first-order chi connectivity index (χ1) is 13.4. The van der Waals surface area contributed by atoms with Gasteiger partial charge in [-0.05, 0) is 11.1 Å². The van der Waals surface area contributed by atoms with Crippen LogP contribution in [0.15, 0.2) is 121 Å². The SMILES string of the molecule is c1ccc(-c2ccccc2)cc1.c1ccc([CH2][Ti][CH2]c2ccccc2)cc1. The van der Waals surface area contributed by atoms with Gasteiger partial charge < -0.3 is 0 Å². The summed E-state index contributed by atoms with van der Waals surface area (Å²) in [6, 6.07) is 42.4. The van der Waals surface area contributed by atoms with Crippen molar-refractivity contribution in [3.8, 4) is 11.1 Å². The van der Waals surface area contributed by atoms with E-state index in [1.807, 2.05) is 12.1 Å². The summed E-state index contributed by atoms with van der Waals surface area (Å²) in [7, 11) is 0. The first kappa shape index (κ1) is 19.4. The van der Waals surface area contributed by atoms with Gasteiger partial charge in [0.25, 0.3) is 0 Å². The standard InChI is InChI=1S/C12H10.2C7H7.Ti/c1-3-7-11(8-4-1)12-9-5-2-6-10-12;2*1-7-5-3-2-4-6-7;/h1-10H;2*2-6H,1H2;. The topological polar surface area (TPSA) is 0 Å². The molecule has 0 unspecified atom stereocenters. The van der Waals surface area contributed by atoms with Gasteiger partial charge in [-0.3, -0.25) is 0 Å². The van der Waals surface area contributed by atoms with Crippen molar-refractivity contribution < 1.29 is 19.2 Å². The fraction of sp³-hybridized carbons (Fsp3) is 0.0769. The van der Waals surface area contributed by atoms with Crippen LogP contribution in [0.1, 0.15) is 11.1 Å². The zero-order chi connectivity index (χ0) is 18.6. The summed E-state index contributed by atoms with van der Waals surface area (Å²) in [6.45, 7) is 0. The molecule has 0 saturated carbocycles. The summed E-state index contributed by atoms with van der Waals surface area (Å²) in [5, 5.41) is 0. The predicted molar refractivity (Wildman–Crippen MR) is 112 cm³/mol. The molecule has 0 aliphatic heterocycles. The molecule has 0 atom stereocenters. The summed E-state index contributed by atoms with van der Waals surface area (Å²) in [5.74, 6) is 0. The van der Waals surface area contributed by atoms with E-state index in [9.17, 15) is 0 Å². The average Bonchev–Trinajstić information content (AvgIpc) is 2.77. The van der Waals surface area contributed by atoms with Crippen molar-refractivity contribution in [2.75, 3.05) is 0 Å². The Labute approximate surface area is 171 Å². The molecular weight excluding hydrogens is 360 g/mol. The molecule has 0 amide bonds. The van der Waals surface area contributed by atoms with Crippen molar-refractivity contribution >= 4 is 0 Å². The molecule has 0 aromatic heterocycles. The van der Waals surface area contributed by atoms with Gasteiger partial charge in [-0.2, -0.15) is 0 Å². The molecule has 0 bridgehead atoms. The van der Waals surface area contributed by atoms with E-state index in [0.717, 1.165) is 0 Å². The molecule has 0 aliphatic rings. The van der Waals surface area contributed by atoms with Crippen molar-refractivity contribution in [3.63, 3.8) is 0 Å². The van der Waals surface area contributed by atoms with Crippen LogP contribution >= 0.6 is 0 Å². The van der Waals surface area contributed by atoms with Crippen LogP contribution in [-0.4, -0.2) is 0 Å². The summed E-state index contributed by atoms with van der Waals surface area (Å²) in [6.07, 6.45) is 0. The van der Waals surface area contributed by atoms with Crippen molar-refractivity contribution in [1.82, 2.24) is 0 Å². The van der Waals surface area contributed by atoms with Crippen LogP contribution in [0.3, 0.4) is 0 Å². The van der Waals surface area contributed by atoms with Gasteiger partial charge in [-0.1, -0.05) is 60.7 Å². The molecule has 0 nitrogen and oxygen atoms in total.